The van der Waals surface area contributed by atoms with Gasteiger partial charge in [-0.3, -0.25) is 9.36 Å². The minimum absolute atomic E-state index is 0.199. The fourth-order valence-corrected chi connectivity index (χ4v) is 3.10. The van der Waals surface area contributed by atoms with E-state index >= 15 is 0 Å². The Labute approximate surface area is 148 Å². The summed E-state index contributed by atoms with van der Waals surface area (Å²) in [5, 5.41) is 4.79. The Hall–Kier alpha value is -3.48. The second-order valence-electron chi connectivity index (χ2n) is 6.07. The summed E-state index contributed by atoms with van der Waals surface area (Å²) >= 11 is 0. The number of pyridine rings is 1. The molecule has 4 aromatic rings. The van der Waals surface area contributed by atoms with Crippen molar-refractivity contribution < 1.29 is 9.53 Å². The molecular formula is C19H16N4O3. The van der Waals surface area contributed by atoms with Crippen LogP contribution in [0.4, 0.5) is 0 Å². The molecule has 0 aliphatic rings. The van der Waals surface area contributed by atoms with Crippen LogP contribution < -0.4 is 5.56 Å². The largest absolute Gasteiger partial charge is 0.465 e. The predicted molar refractivity (Wildman–Crippen MR) is 96.9 cm³/mol. The second kappa shape index (κ2) is 5.80. The number of benzene rings is 1. The molecule has 3 heterocycles. The summed E-state index contributed by atoms with van der Waals surface area (Å²) in [5.41, 5.74) is 3.40. The molecular weight excluding hydrogens is 332 g/mol. The molecule has 0 radical (unpaired) electrons. The first-order chi connectivity index (χ1) is 12.5. The highest BCUT2D eigenvalue weighted by atomic mass is 16.5. The molecule has 7 heteroatoms. The number of aryl methyl sites for hydroxylation is 2. The van der Waals surface area contributed by atoms with E-state index in [1.807, 2.05) is 31.2 Å². The maximum absolute atomic E-state index is 13.0. The van der Waals surface area contributed by atoms with Crippen LogP contribution in [0, 0.1) is 13.8 Å². The number of aromatic nitrogens is 4. The smallest absolute Gasteiger partial charge is 0.343 e. The van der Waals surface area contributed by atoms with E-state index in [1.54, 1.807) is 23.8 Å². The minimum atomic E-state index is -0.502. The third-order valence-electron chi connectivity index (χ3n) is 4.36. The van der Waals surface area contributed by atoms with Gasteiger partial charge in [0, 0.05) is 18.1 Å². The molecule has 0 fully saturated rings. The maximum Gasteiger partial charge on any atom is 0.343 e. The van der Waals surface area contributed by atoms with Crippen LogP contribution in [-0.4, -0.2) is 32.2 Å². The third kappa shape index (κ3) is 2.28. The fourth-order valence-electron chi connectivity index (χ4n) is 3.10. The zero-order valence-corrected chi connectivity index (χ0v) is 14.6. The van der Waals surface area contributed by atoms with E-state index in [0.717, 1.165) is 11.3 Å². The monoisotopic (exact) mass is 348 g/mol. The molecule has 0 saturated carbocycles. The minimum Gasteiger partial charge on any atom is -0.465 e. The van der Waals surface area contributed by atoms with Crippen molar-refractivity contribution in [2.45, 2.75) is 13.8 Å². The Kier molecular flexibility index (Phi) is 3.57. The van der Waals surface area contributed by atoms with Gasteiger partial charge < -0.3 is 4.74 Å². The van der Waals surface area contributed by atoms with Gasteiger partial charge in [0.1, 0.15) is 5.56 Å². The molecule has 0 N–H and O–H groups in total. The van der Waals surface area contributed by atoms with E-state index in [4.69, 9.17) is 4.74 Å². The van der Waals surface area contributed by atoms with Crippen molar-refractivity contribution in [3.63, 3.8) is 0 Å². The Morgan fingerprint density at radius 3 is 2.73 bits per heavy atom. The highest BCUT2D eigenvalue weighted by Gasteiger charge is 2.20. The molecule has 0 aliphatic heterocycles. The highest BCUT2D eigenvalue weighted by Crippen LogP contribution is 2.19. The number of hydrogen-bond donors (Lipinski definition) is 0. The third-order valence-corrected chi connectivity index (χ3v) is 4.36. The van der Waals surface area contributed by atoms with Gasteiger partial charge >= 0.3 is 5.97 Å². The van der Waals surface area contributed by atoms with E-state index in [1.165, 1.54) is 17.8 Å². The molecule has 0 aliphatic carbocycles. The van der Waals surface area contributed by atoms with Gasteiger partial charge in [-0.05, 0) is 37.6 Å². The SMILES string of the molecule is COC(=O)c1c(C)nn2c1ncc1c(=O)n(-c3cccc(C)c3)ccc12. The van der Waals surface area contributed by atoms with Crippen LogP contribution in [0.15, 0.2) is 47.5 Å². The van der Waals surface area contributed by atoms with E-state index in [0.29, 0.717) is 27.8 Å². The van der Waals surface area contributed by atoms with E-state index in [9.17, 15) is 9.59 Å². The molecule has 0 bridgehead atoms. The molecule has 130 valence electrons. The molecule has 1 aromatic carbocycles. The summed E-state index contributed by atoms with van der Waals surface area (Å²) in [7, 11) is 1.31. The zero-order valence-electron chi connectivity index (χ0n) is 14.6. The van der Waals surface area contributed by atoms with E-state index in [-0.39, 0.29) is 5.56 Å². The number of esters is 1. The van der Waals surface area contributed by atoms with Gasteiger partial charge in [-0.1, -0.05) is 12.1 Å². The van der Waals surface area contributed by atoms with Gasteiger partial charge in [0.2, 0.25) is 0 Å². The lowest BCUT2D eigenvalue weighted by atomic mass is 10.2. The van der Waals surface area contributed by atoms with Gasteiger partial charge in [0.05, 0.1) is 23.7 Å². The van der Waals surface area contributed by atoms with Crippen molar-refractivity contribution in [2.24, 2.45) is 0 Å². The number of rotatable bonds is 2. The Bertz CT molecular complexity index is 1240. The first-order valence-electron chi connectivity index (χ1n) is 8.06. The second-order valence-corrected chi connectivity index (χ2v) is 6.07. The van der Waals surface area contributed by atoms with E-state index in [2.05, 4.69) is 10.1 Å². The summed E-state index contributed by atoms with van der Waals surface area (Å²) < 4.78 is 7.89. The number of fused-ring (bicyclic) bond motifs is 3. The van der Waals surface area contributed by atoms with Crippen LogP contribution in [0.2, 0.25) is 0 Å². The summed E-state index contributed by atoms with van der Waals surface area (Å²) in [6.07, 6.45) is 3.18. The summed E-state index contributed by atoms with van der Waals surface area (Å²) in [6.45, 7) is 3.68. The lowest BCUT2D eigenvalue weighted by Gasteiger charge is -2.08. The molecule has 0 unspecified atom stereocenters. The number of carbonyl (C=O) groups excluding carboxylic acids is 1. The van der Waals surface area contributed by atoms with Crippen molar-refractivity contribution in [3.8, 4) is 5.69 Å². The average Bonchev–Trinajstić information content (AvgIpc) is 2.97. The standard InChI is InChI=1S/C19H16N4O3/c1-11-5-4-6-13(9-11)22-8-7-15-14(18(22)24)10-20-17-16(19(25)26-3)12(2)21-23(15)17/h4-10H,1-3H3. The van der Waals surface area contributed by atoms with Gasteiger partial charge in [0.25, 0.3) is 5.56 Å². The number of methoxy groups -OCH3 is 1. The molecule has 0 atom stereocenters. The van der Waals surface area contributed by atoms with Crippen molar-refractivity contribution >= 4 is 22.5 Å². The van der Waals surface area contributed by atoms with Crippen LogP contribution >= 0.6 is 0 Å². The maximum atomic E-state index is 13.0. The topological polar surface area (TPSA) is 78.5 Å². The van der Waals surface area contributed by atoms with Crippen molar-refractivity contribution in [2.75, 3.05) is 7.11 Å². The molecule has 0 amide bonds. The van der Waals surface area contributed by atoms with Crippen molar-refractivity contribution in [3.05, 3.63) is 69.9 Å². The van der Waals surface area contributed by atoms with Gasteiger partial charge in [-0.25, -0.2) is 14.3 Å². The van der Waals surface area contributed by atoms with Crippen LogP contribution in [0.3, 0.4) is 0 Å². The lowest BCUT2D eigenvalue weighted by Crippen LogP contribution is -2.19. The highest BCUT2D eigenvalue weighted by molar-refractivity contribution is 5.98. The lowest BCUT2D eigenvalue weighted by molar-refractivity contribution is 0.0602. The summed E-state index contributed by atoms with van der Waals surface area (Å²) in [4.78, 5) is 29.3. The quantitative estimate of drug-likeness (QED) is 0.520. The van der Waals surface area contributed by atoms with Gasteiger partial charge in [0.15, 0.2) is 5.65 Å². The first-order valence-corrected chi connectivity index (χ1v) is 8.06. The normalized spacial score (nSPS) is 11.2. The van der Waals surface area contributed by atoms with Crippen molar-refractivity contribution in [1.82, 2.24) is 19.2 Å². The number of ether oxygens (including phenoxy) is 1. The van der Waals surface area contributed by atoms with Crippen LogP contribution in [0.25, 0.3) is 22.2 Å². The average molecular weight is 348 g/mol. The van der Waals surface area contributed by atoms with Crippen molar-refractivity contribution in [1.29, 1.82) is 0 Å². The number of carbonyl (C=O) groups is 1. The Morgan fingerprint density at radius 2 is 2.00 bits per heavy atom. The number of nitrogens with zero attached hydrogens (tertiary/aromatic N) is 4. The Balaban J connectivity index is 2.02. The van der Waals surface area contributed by atoms with Gasteiger partial charge in [-0.2, -0.15) is 5.10 Å². The molecule has 3 aromatic heterocycles. The predicted octanol–water partition coefficient (Wildman–Crippen LogP) is 2.44. The van der Waals surface area contributed by atoms with E-state index < -0.39 is 5.97 Å². The summed E-state index contributed by atoms with van der Waals surface area (Å²) in [5.74, 6) is -0.502. The summed E-state index contributed by atoms with van der Waals surface area (Å²) in [6, 6.07) is 9.48. The van der Waals surface area contributed by atoms with Crippen LogP contribution in [-0.2, 0) is 4.74 Å². The zero-order chi connectivity index (χ0) is 18.4. The Morgan fingerprint density at radius 1 is 1.19 bits per heavy atom. The number of hydrogen-bond acceptors (Lipinski definition) is 5. The fraction of sp³-hybridized carbons (Fsp3) is 0.158. The van der Waals surface area contributed by atoms with Gasteiger partial charge in [-0.15, -0.1) is 0 Å². The molecule has 0 spiro atoms. The molecule has 4 rings (SSSR count). The van der Waals surface area contributed by atoms with Crippen LogP contribution in [0.1, 0.15) is 21.6 Å². The first kappa shape index (κ1) is 16.0. The molecule has 0 saturated heterocycles. The molecule has 7 nitrogen and oxygen atoms in total. The van der Waals surface area contributed by atoms with Crippen LogP contribution in [0.5, 0.6) is 0 Å². The molecule has 26 heavy (non-hydrogen) atoms.